The monoisotopic (exact) mass is 888 g/mol. The highest BCUT2D eigenvalue weighted by atomic mass is 16.4. The molecule has 64 heavy (non-hydrogen) atoms. The van der Waals surface area contributed by atoms with Crippen LogP contribution in [-0.4, -0.2) is 113 Å². The van der Waals surface area contributed by atoms with Crippen LogP contribution in [0.5, 0.6) is 0 Å². The van der Waals surface area contributed by atoms with Crippen molar-refractivity contribution < 1.29 is 43.8 Å². The summed E-state index contributed by atoms with van der Waals surface area (Å²) in [6, 6.07) is 14.9. The number of aliphatic imine (C=N–C) groups is 1. The molecule has 0 unspecified atom stereocenters. The third-order valence-corrected chi connectivity index (χ3v) is 10.2. The highest BCUT2D eigenvalue weighted by molar-refractivity contribution is 5.96. The van der Waals surface area contributed by atoms with Crippen molar-refractivity contribution in [2.24, 2.45) is 22.2 Å². The lowest BCUT2D eigenvalue weighted by atomic mass is 10.00. The number of nitrogens with two attached hydrogens (primary N) is 3. The van der Waals surface area contributed by atoms with E-state index in [9.17, 15) is 38.7 Å². The highest BCUT2D eigenvalue weighted by Crippen LogP contribution is 2.17. The molecule has 19 heteroatoms. The fourth-order valence-electron chi connectivity index (χ4n) is 6.70. The van der Waals surface area contributed by atoms with E-state index in [2.05, 4.69) is 36.9 Å². The van der Waals surface area contributed by atoms with Gasteiger partial charge in [-0.1, -0.05) is 86.6 Å². The van der Waals surface area contributed by atoms with Crippen LogP contribution < -0.4 is 49.1 Å². The normalized spacial score (nSPS) is 13.9. The number of hydrogen-bond donors (Lipinski definition) is 11. The maximum absolute atomic E-state index is 14.3. The number of guanidine groups is 1. The third kappa shape index (κ3) is 18.8. The molecule has 0 aliphatic rings. The largest absolute Gasteiger partial charge is 0.481 e. The van der Waals surface area contributed by atoms with Gasteiger partial charge in [-0.05, 0) is 80.3 Å². The van der Waals surface area contributed by atoms with E-state index in [0.29, 0.717) is 24.9 Å². The van der Waals surface area contributed by atoms with Crippen molar-refractivity contribution in [2.45, 2.75) is 121 Å². The van der Waals surface area contributed by atoms with Crippen LogP contribution in [0, 0.1) is 0 Å². The lowest BCUT2D eigenvalue weighted by Gasteiger charge is -2.27. The van der Waals surface area contributed by atoms with Crippen LogP contribution in [0.4, 0.5) is 0 Å². The summed E-state index contributed by atoms with van der Waals surface area (Å²) in [7, 11) is 0. The Bertz CT molecular complexity index is 2060. The van der Waals surface area contributed by atoms with Gasteiger partial charge in [0.05, 0.1) is 6.04 Å². The number of nitrogens with one attached hydrogen (secondary N) is 6. The van der Waals surface area contributed by atoms with Crippen LogP contribution in [0.2, 0.25) is 0 Å². The number of amides is 5. The molecule has 3 rings (SSSR count). The Morgan fingerprint density at radius 3 is 1.80 bits per heavy atom. The predicted molar refractivity (Wildman–Crippen MR) is 243 cm³/mol. The molecule has 19 nitrogen and oxygen atoms in total. The standard InChI is InChI=1S/C45H64N10O9/c1-27(2)49-22-10-9-16-34(52-40(59)33(46)25-29-12-5-4-6-13-29)41(60)53-35(17-11-23-50-45(47)48)42(61)55-37(26-30-18-19-31-14-7-8-15-32(31)24-30)43(62)51-28(3)39(58)54-36(44(63)64)20-21-38(56)57/h4-8,12-15,18-19,24,27-28,33-37,49H,9-11,16-17,20-23,25-26,46H2,1-3H3,(H,51,62)(H,52,59)(H,53,60)(H,54,58)(H,55,61)(H,56,57)(H,63,64)(H4,47,48,50)/t28-,33+,34+,35-,36-,37+/m1/s1. The van der Waals surface area contributed by atoms with Gasteiger partial charge in [-0.3, -0.25) is 33.8 Å². The number of aliphatic carboxylic acids is 2. The zero-order valence-electron chi connectivity index (χ0n) is 36.7. The zero-order chi connectivity index (χ0) is 47.2. The van der Waals surface area contributed by atoms with E-state index in [-0.39, 0.29) is 50.7 Å². The molecule has 6 atom stereocenters. The Kier molecular flexibility index (Phi) is 21.7. The van der Waals surface area contributed by atoms with Gasteiger partial charge in [0.15, 0.2) is 5.96 Å². The topological polar surface area (TPSA) is 323 Å². The first kappa shape index (κ1) is 51.7. The number of nitrogens with zero attached hydrogens (tertiary/aromatic N) is 1. The number of carboxylic acids is 2. The van der Waals surface area contributed by atoms with Crippen LogP contribution in [0.3, 0.4) is 0 Å². The minimum absolute atomic E-state index is 0.0108. The zero-order valence-corrected chi connectivity index (χ0v) is 36.7. The van der Waals surface area contributed by atoms with Gasteiger partial charge in [-0.2, -0.15) is 0 Å². The number of carbonyl (C=O) groups is 7. The number of rotatable bonds is 28. The maximum atomic E-state index is 14.3. The van der Waals surface area contributed by atoms with Gasteiger partial charge in [0.25, 0.3) is 0 Å². The van der Waals surface area contributed by atoms with E-state index < -0.39 is 90.6 Å². The molecule has 3 aromatic carbocycles. The van der Waals surface area contributed by atoms with Crippen LogP contribution in [0.15, 0.2) is 77.8 Å². The molecular formula is C45H64N10O9. The third-order valence-electron chi connectivity index (χ3n) is 10.2. The summed E-state index contributed by atoms with van der Waals surface area (Å²) in [5.74, 6) is -6.56. The van der Waals surface area contributed by atoms with Gasteiger partial charge >= 0.3 is 11.9 Å². The molecule has 14 N–H and O–H groups in total. The van der Waals surface area contributed by atoms with Gasteiger partial charge in [-0.25, -0.2) is 4.79 Å². The maximum Gasteiger partial charge on any atom is 0.326 e. The molecule has 0 spiro atoms. The van der Waals surface area contributed by atoms with E-state index >= 15 is 0 Å². The van der Waals surface area contributed by atoms with Crippen LogP contribution in [-0.2, 0) is 46.4 Å². The second-order valence-electron chi connectivity index (χ2n) is 16.0. The lowest BCUT2D eigenvalue weighted by Crippen LogP contribution is -2.59. The number of carboxylic acid groups (broad SMARTS) is 2. The summed E-state index contributed by atoms with van der Waals surface area (Å²) in [5, 5.41) is 36.8. The van der Waals surface area contributed by atoms with E-state index in [0.717, 1.165) is 16.3 Å². The first-order chi connectivity index (χ1) is 30.4. The van der Waals surface area contributed by atoms with E-state index in [1.807, 2.05) is 80.6 Å². The molecule has 0 aliphatic carbocycles. The van der Waals surface area contributed by atoms with Gasteiger partial charge < -0.3 is 59.3 Å². The molecule has 0 radical (unpaired) electrons. The summed E-state index contributed by atoms with van der Waals surface area (Å²) in [5.41, 5.74) is 18.8. The van der Waals surface area contributed by atoms with Crippen LogP contribution in [0.1, 0.15) is 76.8 Å². The molecule has 0 saturated heterocycles. The quantitative estimate of drug-likeness (QED) is 0.0270. The first-order valence-electron chi connectivity index (χ1n) is 21.5. The smallest absolute Gasteiger partial charge is 0.326 e. The summed E-state index contributed by atoms with van der Waals surface area (Å²) in [4.78, 5) is 95.8. The van der Waals surface area contributed by atoms with Crippen molar-refractivity contribution in [2.75, 3.05) is 13.1 Å². The molecule has 3 aromatic rings. The Labute approximate surface area is 373 Å². The van der Waals surface area contributed by atoms with Crippen molar-refractivity contribution in [3.05, 3.63) is 83.9 Å². The average molecular weight is 889 g/mol. The van der Waals surface area contributed by atoms with Crippen molar-refractivity contribution in [1.82, 2.24) is 31.9 Å². The van der Waals surface area contributed by atoms with E-state index in [4.69, 9.17) is 22.3 Å². The van der Waals surface area contributed by atoms with Gasteiger partial charge in [-0.15, -0.1) is 0 Å². The molecule has 0 bridgehead atoms. The molecule has 0 aliphatic heterocycles. The van der Waals surface area contributed by atoms with Crippen molar-refractivity contribution in [3.63, 3.8) is 0 Å². The minimum Gasteiger partial charge on any atom is -0.481 e. The SMILES string of the molecule is CC(C)NCCCC[C@H](NC(=O)[C@@H](N)Cc1ccccc1)C(=O)N[C@H](CCCN=C(N)N)C(=O)N[C@@H](Cc1ccc2ccccc2c1)C(=O)N[C@H](C)C(=O)N[C@H](CCC(=O)O)C(=O)O. The van der Waals surface area contributed by atoms with Crippen LogP contribution >= 0.6 is 0 Å². The number of unbranched alkanes of at least 4 members (excludes halogenated alkanes) is 1. The minimum atomic E-state index is -1.54. The summed E-state index contributed by atoms with van der Waals surface area (Å²) >= 11 is 0. The number of hydrogen-bond acceptors (Lipinski definition) is 10. The fraction of sp³-hybridized carbons (Fsp3) is 0.467. The Morgan fingerprint density at radius 2 is 1.17 bits per heavy atom. The Hall–Kier alpha value is -6.60. The molecule has 0 fully saturated rings. The van der Waals surface area contributed by atoms with Crippen molar-refractivity contribution in [1.29, 1.82) is 0 Å². The van der Waals surface area contributed by atoms with Gasteiger partial charge in [0.2, 0.25) is 29.5 Å². The number of carbonyl (C=O) groups excluding carboxylic acids is 5. The molecular weight excluding hydrogens is 825 g/mol. The second kappa shape index (κ2) is 26.8. The van der Waals surface area contributed by atoms with Crippen molar-refractivity contribution in [3.8, 4) is 0 Å². The Balaban J connectivity index is 1.90. The highest BCUT2D eigenvalue weighted by Gasteiger charge is 2.32. The van der Waals surface area contributed by atoms with Crippen molar-refractivity contribution >= 4 is 58.2 Å². The molecule has 5 amide bonds. The number of fused-ring (bicyclic) bond motifs is 1. The average Bonchev–Trinajstić information content (AvgIpc) is 3.24. The number of benzene rings is 3. The molecule has 0 saturated carbocycles. The Morgan fingerprint density at radius 1 is 0.594 bits per heavy atom. The first-order valence-corrected chi connectivity index (χ1v) is 21.5. The fourth-order valence-corrected chi connectivity index (χ4v) is 6.70. The molecule has 0 heterocycles. The summed E-state index contributed by atoms with van der Waals surface area (Å²) in [6.45, 7) is 6.12. The summed E-state index contributed by atoms with van der Waals surface area (Å²) in [6.07, 6.45) is 0.936. The molecule has 348 valence electrons. The van der Waals surface area contributed by atoms with Gasteiger partial charge in [0.1, 0.15) is 30.2 Å². The van der Waals surface area contributed by atoms with Gasteiger partial charge in [0, 0.05) is 25.4 Å². The van der Waals surface area contributed by atoms with E-state index in [1.54, 1.807) is 6.07 Å². The van der Waals surface area contributed by atoms with E-state index in [1.165, 1.54) is 6.92 Å². The summed E-state index contributed by atoms with van der Waals surface area (Å²) < 4.78 is 0. The second-order valence-corrected chi connectivity index (χ2v) is 16.0. The lowest BCUT2D eigenvalue weighted by molar-refractivity contribution is -0.143. The predicted octanol–water partition coefficient (Wildman–Crippen LogP) is 0.568. The molecule has 0 aromatic heterocycles. The van der Waals surface area contributed by atoms with Crippen LogP contribution in [0.25, 0.3) is 10.8 Å².